The van der Waals surface area contributed by atoms with Gasteiger partial charge in [-0.25, -0.2) is 12.8 Å². The zero-order chi connectivity index (χ0) is 24.8. The summed E-state index contributed by atoms with van der Waals surface area (Å²) in [5.41, 5.74) is 1.50. The standard InChI is InChI=1S/C23H29ClFN3O4S/c1-5-12-26-23(30)17(3)27(14-18-7-10-20(25)11-8-18)22(29)15-28(33(4,31)32)21-13-19(24)9-6-16(21)2/h6-11,13,17H,5,12,14-15H2,1-4H3,(H,26,30)/t17-/m0/s1. The number of carbonyl (C=O) groups is 2. The van der Waals surface area contributed by atoms with Crippen LogP contribution in [0.4, 0.5) is 10.1 Å². The van der Waals surface area contributed by atoms with E-state index in [1.807, 2.05) is 6.92 Å². The van der Waals surface area contributed by atoms with Crippen LogP contribution in [0.5, 0.6) is 0 Å². The number of carbonyl (C=O) groups excluding carboxylic acids is 2. The lowest BCUT2D eigenvalue weighted by Crippen LogP contribution is -2.51. The molecule has 180 valence electrons. The monoisotopic (exact) mass is 497 g/mol. The number of sulfonamides is 1. The van der Waals surface area contributed by atoms with E-state index in [2.05, 4.69) is 5.32 Å². The van der Waals surface area contributed by atoms with Gasteiger partial charge >= 0.3 is 0 Å². The van der Waals surface area contributed by atoms with E-state index < -0.39 is 34.3 Å². The summed E-state index contributed by atoms with van der Waals surface area (Å²) in [4.78, 5) is 27.3. The van der Waals surface area contributed by atoms with Crippen LogP contribution in [0, 0.1) is 12.7 Å². The molecule has 0 fully saturated rings. The Balaban J connectivity index is 2.40. The van der Waals surface area contributed by atoms with Gasteiger partial charge in [-0.3, -0.25) is 13.9 Å². The quantitative estimate of drug-likeness (QED) is 0.544. The van der Waals surface area contributed by atoms with Crippen molar-refractivity contribution in [3.8, 4) is 0 Å². The van der Waals surface area contributed by atoms with E-state index in [0.717, 1.165) is 17.0 Å². The molecule has 1 N–H and O–H groups in total. The van der Waals surface area contributed by atoms with E-state index in [-0.39, 0.29) is 18.1 Å². The Hall–Kier alpha value is -2.65. The number of nitrogens with one attached hydrogen (secondary N) is 1. The fourth-order valence-corrected chi connectivity index (χ4v) is 4.28. The minimum atomic E-state index is -3.85. The Kier molecular flexibility index (Phi) is 9.25. The molecule has 0 bridgehead atoms. The van der Waals surface area contributed by atoms with E-state index in [1.54, 1.807) is 26.0 Å². The highest BCUT2D eigenvalue weighted by Gasteiger charge is 2.30. The Morgan fingerprint density at radius 3 is 2.36 bits per heavy atom. The topological polar surface area (TPSA) is 86.8 Å². The van der Waals surface area contributed by atoms with Crippen LogP contribution >= 0.6 is 11.6 Å². The molecule has 0 radical (unpaired) electrons. The maximum atomic E-state index is 13.4. The maximum Gasteiger partial charge on any atom is 0.244 e. The molecule has 2 aromatic carbocycles. The van der Waals surface area contributed by atoms with Crippen LogP contribution in [-0.4, -0.2) is 50.5 Å². The Labute approximate surface area is 199 Å². The first-order valence-corrected chi connectivity index (χ1v) is 12.7. The molecule has 1 atom stereocenters. The molecule has 0 saturated carbocycles. The van der Waals surface area contributed by atoms with Crippen molar-refractivity contribution in [1.82, 2.24) is 10.2 Å². The molecule has 10 heteroatoms. The van der Waals surface area contributed by atoms with Gasteiger partial charge in [0.2, 0.25) is 21.8 Å². The third kappa shape index (κ3) is 7.43. The van der Waals surface area contributed by atoms with Crippen LogP contribution in [0.15, 0.2) is 42.5 Å². The Morgan fingerprint density at radius 2 is 1.79 bits per heavy atom. The first-order valence-electron chi connectivity index (χ1n) is 10.5. The van der Waals surface area contributed by atoms with Gasteiger partial charge in [0.05, 0.1) is 11.9 Å². The lowest BCUT2D eigenvalue weighted by atomic mass is 10.1. The number of nitrogens with zero attached hydrogens (tertiary/aromatic N) is 2. The Bertz CT molecular complexity index is 1090. The van der Waals surface area contributed by atoms with E-state index in [0.29, 0.717) is 22.7 Å². The van der Waals surface area contributed by atoms with Crippen molar-refractivity contribution >= 4 is 39.1 Å². The van der Waals surface area contributed by atoms with E-state index in [9.17, 15) is 22.4 Å². The molecular formula is C23H29ClFN3O4S. The summed E-state index contributed by atoms with van der Waals surface area (Å²) >= 11 is 6.07. The van der Waals surface area contributed by atoms with Crippen LogP contribution in [0.3, 0.4) is 0 Å². The predicted octanol–water partition coefficient (Wildman–Crippen LogP) is 3.50. The van der Waals surface area contributed by atoms with Crippen LogP contribution in [0.2, 0.25) is 5.02 Å². The number of rotatable bonds is 10. The zero-order valence-corrected chi connectivity index (χ0v) is 20.7. The van der Waals surface area contributed by atoms with Gasteiger partial charge in [-0.1, -0.05) is 36.7 Å². The minimum absolute atomic E-state index is 0.00591. The number of amides is 2. The van der Waals surface area contributed by atoms with E-state index in [4.69, 9.17) is 11.6 Å². The van der Waals surface area contributed by atoms with Crippen molar-refractivity contribution < 1.29 is 22.4 Å². The second-order valence-corrected chi connectivity index (χ2v) is 10.2. The number of aryl methyl sites for hydroxylation is 1. The van der Waals surface area contributed by atoms with Gasteiger partial charge in [-0.05, 0) is 55.7 Å². The molecular weight excluding hydrogens is 469 g/mol. The highest BCUT2D eigenvalue weighted by molar-refractivity contribution is 7.92. The summed E-state index contributed by atoms with van der Waals surface area (Å²) < 4.78 is 39.5. The molecule has 33 heavy (non-hydrogen) atoms. The SMILES string of the molecule is CCCNC(=O)[C@H](C)N(Cc1ccc(F)cc1)C(=O)CN(c1cc(Cl)ccc1C)S(C)(=O)=O. The number of benzene rings is 2. The molecule has 0 aliphatic rings. The second kappa shape index (κ2) is 11.5. The van der Waals surface area contributed by atoms with Gasteiger partial charge in [0, 0.05) is 18.1 Å². The third-order valence-electron chi connectivity index (χ3n) is 5.10. The normalized spacial score (nSPS) is 12.2. The first kappa shape index (κ1) is 26.6. The molecule has 2 aromatic rings. The van der Waals surface area contributed by atoms with Crippen molar-refractivity contribution in [3.63, 3.8) is 0 Å². The maximum absolute atomic E-state index is 13.4. The van der Waals surface area contributed by atoms with Crippen molar-refractivity contribution in [2.45, 2.75) is 39.8 Å². The summed E-state index contributed by atoms with van der Waals surface area (Å²) in [7, 11) is -3.85. The molecule has 2 amide bonds. The molecule has 0 unspecified atom stereocenters. The molecule has 0 aliphatic heterocycles. The average molecular weight is 498 g/mol. The van der Waals surface area contributed by atoms with Crippen molar-refractivity contribution in [2.75, 3.05) is 23.7 Å². The number of halogens is 2. The van der Waals surface area contributed by atoms with Gasteiger partial charge in [-0.15, -0.1) is 0 Å². The van der Waals surface area contributed by atoms with Gasteiger partial charge in [-0.2, -0.15) is 0 Å². The van der Waals surface area contributed by atoms with E-state index in [1.165, 1.54) is 35.2 Å². The first-order chi connectivity index (χ1) is 15.4. The second-order valence-electron chi connectivity index (χ2n) is 7.82. The summed E-state index contributed by atoms with van der Waals surface area (Å²) in [5, 5.41) is 3.08. The minimum Gasteiger partial charge on any atom is -0.354 e. The zero-order valence-electron chi connectivity index (χ0n) is 19.1. The summed E-state index contributed by atoms with van der Waals surface area (Å²) in [6.45, 7) is 5.12. The lowest BCUT2D eigenvalue weighted by Gasteiger charge is -2.32. The number of anilines is 1. The summed E-state index contributed by atoms with van der Waals surface area (Å²) in [6.07, 6.45) is 1.72. The van der Waals surface area contributed by atoms with Crippen LogP contribution < -0.4 is 9.62 Å². The highest BCUT2D eigenvalue weighted by atomic mass is 35.5. The molecule has 0 aliphatic carbocycles. The summed E-state index contributed by atoms with van der Waals surface area (Å²) in [5.74, 6) is -1.37. The number of hydrogen-bond acceptors (Lipinski definition) is 4. The fraction of sp³-hybridized carbons (Fsp3) is 0.391. The lowest BCUT2D eigenvalue weighted by molar-refractivity contribution is -0.139. The van der Waals surface area contributed by atoms with Gasteiger partial charge in [0.25, 0.3) is 0 Å². The van der Waals surface area contributed by atoms with Crippen molar-refractivity contribution in [1.29, 1.82) is 0 Å². The molecule has 7 nitrogen and oxygen atoms in total. The summed E-state index contributed by atoms with van der Waals surface area (Å²) in [6, 6.07) is 9.45. The van der Waals surface area contributed by atoms with Crippen LogP contribution in [0.1, 0.15) is 31.4 Å². The fourth-order valence-electron chi connectivity index (χ4n) is 3.21. The average Bonchev–Trinajstić information content (AvgIpc) is 2.75. The smallest absolute Gasteiger partial charge is 0.244 e. The third-order valence-corrected chi connectivity index (χ3v) is 6.46. The largest absolute Gasteiger partial charge is 0.354 e. The van der Waals surface area contributed by atoms with E-state index >= 15 is 0 Å². The van der Waals surface area contributed by atoms with Crippen LogP contribution in [0.25, 0.3) is 0 Å². The van der Waals surface area contributed by atoms with Crippen LogP contribution in [-0.2, 0) is 26.2 Å². The van der Waals surface area contributed by atoms with Gasteiger partial charge < -0.3 is 10.2 Å². The number of hydrogen-bond donors (Lipinski definition) is 1. The van der Waals surface area contributed by atoms with Crippen molar-refractivity contribution in [3.05, 3.63) is 64.4 Å². The van der Waals surface area contributed by atoms with Crippen molar-refractivity contribution in [2.24, 2.45) is 0 Å². The predicted molar refractivity (Wildman–Crippen MR) is 128 cm³/mol. The van der Waals surface area contributed by atoms with Gasteiger partial charge in [0.15, 0.2) is 0 Å². The molecule has 0 saturated heterocycles. The molecule has 0 aromatic heterocycles. The highest BCUT2D eigenvalue weighted by Crippen LogP contribution is 2.26. The van der Waals surface area contributed by atoms with Gasteiger partial charge in [0.1, 0.15) is 18.4 Å². The Morgan fingerprint density at radius 1 is 1.15 bits per heavy atom. The molecule has 0 heterocycles. The molecule has 2 rings (SSSR count). The molecule has 0 spiro atoms.